The standard InChI is InChI=1S/C24H20FN3O2/c1-28-15-14-26-23(28)22(17-10-12-19(25)13-11-17)27-24(29)18-6-5-9-21(16-18)30-20-7-3-2-4-8-20/h2-16,22H,1H3,(H,27,29). The minimum atomic E-state index is -0.531. The number of rotatable bonds is 6. The molecule has 1 atom stereocenters. The molecule has 3 aromatic carbocycles. The van der Waals surface area contributed by atoms with Crippen LogP contribution in [-0.2, 0) is 7.05 Å². The van der Waals surface area contributed by atoms with Crippen LogP contribution in [0.1, 0.15) is 27.8 Å². The van der Waals surface area contributed by atoms with Crippen molar-refractivity contribution in [3.63, 3.8) is 0 Å². The van der Waals surface area contributed by atoms with Crippen molar-refractivity contribution in [2.45, 2.75) is 6.04 Å². The molecule has 1 aromatic heterocycles. The summed E-state index contributed by atoms with van der Waals surface area (Å²) in [7, 11) is 1.85. The molecule has 0 saturated heterocycles. The fourth-order valence-corrected chi connectivity index (χ4v) is 3.15. The molecule has 1 unspecified atom stereocenters. The van der Waals surface area contributed by atoms with Crippen molar-refractivity contribution in [2.75, 3.05) is 0 Å². The number of amides is 1. The van der Waals surface area contributed by atoms with E-state index in [2.05, 4.69) is 10.3 Å². The molecule has 30 heavy (non-hydrogen) atoms. The first-order chi connectivity index (χ1) is 14.6. The van der Waals surface area contributed by atoms with Gasteiger partial charge in [-0.15, -0.1) is 0 Å². The third-order valence-electron chi connectivity index (χ3n) is 4.67. The molecule has 4 rings (SSSR count). The second kappa shape index (κ2) is 8.61. The van der Waals surface area contributed by atoms with E-state index >= 15 is 0 Å². The summed E-state index contributed by atoms with van der Waals surface area (Å²) in [5.74, 6) is 1.27. The van der Waals surface area contributed by atoms with Crippen molar-refractivity contribution in [1.29, 1.82) is 0 Å². The van der Waals surface area contributed by atoms with Gasteiger partial charge < -0.3 is 14.6 Å². The predicted molar refractivity (Wildman–Crippen MR) is 112 cm³/mol. The second-order valence-electron chi connectivity index (χ2n) is 6.80. The number of carbonyl (C=O) groups excluding carboxylic acids is 1. The van der Waals surface area contributed by atoms with E-state index in [0.29, 0.717) is 22.9 Å². The maximum atomic E-state index is 13.4. The number of carbonyl (C=O) groups is 1. The number of halogens is 1. The zero-order chi connectivity index (χ0) is 20.9. The lowest BCUT2D eigenvalue weighted by Gasteiger charge is -2.19. The van der Waals surface area contributed by atoms with Gasteiger partial charge in [-0.25, -0.2) is 9.37 Å². The second-order valence-corrected chi connectivity index (χ2v) is 6.80. The molecule has 0 radical (unpaired) electrons. The highest BCUT2D eigenvalue weighted by atomic mass is 19.1. The van der Waals surface area contributed by atoms with Crippen molar-refractivity contribution in [1.82, 2.24) is 14.9 Å². The molecule has 1 N–H and O–H groups in total. The van der Waals surface area contributed by atoms with Gasteiger partial charge in [0.05, 0.1) is 0 Å². The van der Waals surface area contributed by atoms with Gasteiger partial charge in [0.1, 0.15) is 29.2 Å². The number of hydrogen-bond donors (Lipinski definition) is 1. The van der Waals surface area contributed by atoms with Gasteiger partial charge in [-0.3, -0.25) is 4.79 Å². The fraction of sp³-hybridized carbons (Fsp3) is 0.0833. The summed E-state index contributed by atoms with van der Waals surface area (Å²) in [6.07, 6.45) is 3.46. The highest BCUT2D eigenvalue weighted by molar-refractivity contribution is 5.95. The zero-order valence-electron chi connectivity index (χ0n) is 16.3. The Kier molecular flexibility index (Phi) is 5.57. The Labute approximate surface area is 173 Å². The summed E-state index contributed by atoms with van der Waals surface area (Å²) < 4.78 is 21.0. The molecule has 1 amide bonds. The van der Waals surface area contributed by atoms with Gasteiger partial charge in [0.2, 0.25) is 0 Å². The van der Waals surface area contributed by atoms with Crippen molar-refractivity contribution in [3.8, 4) is 11.5 Å². The Morgan fingerprint density at radius 1 is 1.00 bits per heavy atom. The van der Waals surface area contributed by atoms with Crippen LogP contribution < -0.4 is 10.1 Å². The molecule has 1 heterocycles. The Morgan fingerprint density at radius 2 is 1.73 bits per heavy atom. The van der Waals surface area contributed by atoms with Gasteiger partial charge in [-0.2, -0.15) is 0 Å². The number of imidazole rings is 1. The Balaban J connectivity index is 1.59. The van der Waals surface area contributed by atoms with Crippen LogP contribution in [0.5, 0.6) is 11.5 Å². The first kappa shape index (κ1) is 19.4. The molecular weight excluding hydrogens is 381 g/mol. The van der Waals surface area contributed by atoms with Crippen LogP contribution in [0, 0.1) is 5.82 Å². The zero-order valence-corrected chi connectivity index (χ0v) is 16.3. The van der Waals surface area contributed by atoms with Crippen LogP contribution >= 0.6 is 0 Å². The van der Waals surface area contributed by atoms with Crippen LogP contribution in [0.25, 0.3) is 0 Å². The molecule has 0 aliphatic rings. The van der Waals surface area contributed by atoms with Crippen molar-refractivity contribution in [2.24, 2.45) is 7.05 Å². The SMILES string of the molecule is Cn1ccnc1C(NC(=O)c1cccc(Oc2ccccc2)c1)c1ccc(F)cc1. The van der Waals surface area contributed by atoms with Crippen molar-refractivity contribution < 1.29 is 13.9 Å². The lowest BCUT2D eigenvalue weighted by molar-refractivity contribution is 0.0941. The van der Waals surface area contributed by atoms with E-state index in [9.17, 15) is 9.18 Å². The van der Waals surface area contributed by atoms with E-state index in [0.717, 1.165) is 5.56 Å². The third kappa shape index (κ3) is 4.38. The lowest BCUT2D eigenvalue weighted by Crippen LogP contribution is -2.31. The summed E-state index contributed by atoms with van der Waals surface area (Å²) in [6, 6.07) is 21.8. The van der Waals surface area contributed by atoms with Crippen molar-refractivity contribution in [3.05, 3.63) is 114 Å². The number of aromatic nitrogens is 2. The Hall–Kier alpha value is -3.93. The van der Waals surface area contributed by atoms with E-state index in [1.807, 2.05) is 41.9 Å². The monoisotopic (exact) mass is 401 g/mol. The summed E-state index contributed by atoms with van der Waals surface area (Å²) in [6.45, 7) is 0. The molecular formula is C24H20FN3O2. The lowest BCUT2D eigenvalue weighted by atomic mass is 10.0. The molecule has 4 aromatic rings. The predicted octanol–water partition coefficient (Wildman–Crippen LogP) is 4.87. The average Bonchev–Trinajstić information content (AvgIpc) is 3.19. The number of benzene rings is 3. The van der Waals surface area contributed by atoms with Crippen LogP contribution in [0.3, 0.4) is 0 Å². The van der Waals surface area contributed by atoms with Crippen LogP contribution in [0.15, 0.2) is 91.3 Å². The summed E-state index contributed by atoms with van der Waals surface area (Å²) >= 11 is 0. The first-order valence-corrected chi connectivity index (χ1v) is 9.46. The molecule has 0 saturated carbocycles. The summed E-state index contributed by atoms with van der Waals surface area (Å²) in [5, 5.41) is 3.00. The van der Waals surface area contributed by atoms with E-state index in [1.165, 1.54) is 12.1 Å². The van der Waals surface area contributed by atoms with E-state index in [1.54, 1.807) is 48.8 Å². The number of aryl methyl sites for hydroxylation is 1. The molecule has 0 aliphatic carbocycles. The van der Waals surface area contributed by atoms with Gasteiger partial charge >= 0.3 is 0 Å². The number of nitrogens with one attached hydrogen (secondary N) is 1. The number of ether oxygens (including phenoxy) is 1. The van der Waals surface area contributed by atoms with E-state index in [-0.39, 0.29) is 11.7 Å². The van der Waals surface area contributed by atoms with Crippen LogP contribution in [0.4, 0.5) is 4.39 Å². The van der Waals surface area contributed by atoms with Gasteiger partial charge in [0, 0.05) is 25.0 Å². The van der Waals surface area contributed by atoms with Gasteiger partial charge in [0.15, 0.2) is 0 Å². The minimum Gasteiger partial charge on any atom is -0.457 e. The van der Waals surface area contributed by atoms with Crippen molar-refractivity contribution >= 4 is 5.91 Å². The molecule has 5 nitrogen and oxygen atoms in total. The molecule has 0 fully saturated rings. The minimum absolute atomic E-state index is 0.286. The smallest absolute Gasteiger partial charge is 0.252 e. The molecule has 0 bridgehead atoms. The fourth-order valence-electron chi connectivity index (χ4n) is 3.15. The normalized spacial score (nSPS) is 11.7. The quantitative estimate of drug-likeness (QED) is 0.501. The topological polar surface area (TPSA) is 56.2 Å². The third-order valence-corrected chi connectivity index (χ3v) is 4.67. The average molecular weight is 401 g/mol. The molecule has 0 spiro atoms. The maximum absolute atomic E-state index is 13.4. The van der Waals surface area contributed by atoms with E-state index < -0.39 is 6.04 Å². The molecule has 150 valence electrons. The first-order valence-electron chi connectivity index (χ1n) is 9.46. The van der Waals surface area contributed by atoms with Crippen LogP contribution in [-0.4, -0.2) is 15.5 Å². The van der Waals surface area contributed by atoms with Gasteiger partial charge in [0.25, 0.3) is 5.91 Å². The highest BCUT2D eigenvalue weighted by Gasteiger charge is 2.21. The largest absolute Gasteiger partial charge is 0.457 e. The van der Waals surface area contributed by atoms with E-state index in [4.69, 9.17) is 4.74 Å². The summed E-state index contributed by atoms with van der Waals surface area (Å²) in [5.41, 5.74) is 1.18. The maximum Gasteiger partial charge on any atom is 0.252 e. The van der Waals surface area contributed by atoms with Crippen LogP contribution in [0.2, 0.25) is 0 Å². The number of nitrogens with zero attached hydrogens (tertiary/aromatic N) is 2. The number of hydrogen-bond acceptors (Lipinski definition) is 3. The van der Waals surface area contributed by atoms with Gasteiger partial charge in [-0.1, -0.05) is 36.4 Å². The molecule has 0 aliphatic heterocycles. The highest BCUT2D eigenvalue weighted by Crippen LogP contribution is 2.24. The number of para-hydroxylation sites is 1. The van der Waals surface area contributed by atoms with Gasteiger partial charge in [-0.05, 0) is 48.0 Å². The molecule has 6 heteroatoms. The Morgan fingerprint density at radius 3 is 2.43 bits per heavy atom. The Bertz CT molecular complexity index is 1140. The summed E-state index contributed by atoms with van der Waals surface area (Å²) in [4.78, 5) is 17.4.